The number of nitrogens with one attached hydrogen (secondary N) is 1. The number of nitrogens with zero attached hydrogens (tertiary/aromatic N) is 3. The summed E-state index contributed by atoms with van der Waals surface area (Å²) in [7, 11) is 0. The monoisotopic (exact) mass is 404 g/mol. The highest BCUT2D eigenvalue weighted by atomic mass is 16.4. The smallest absolute Gasteiger partial charge is 0.227 e. The minimum atomic E-state index is -0.0127. The van der Waals surface area contributed by atoms with E-state index in [1.165, 1.54) is 0 Å². The minimum absolute atomic E-state index is 0.0127. The fraction of sp³-hybridized carbons (Fsp3) is 0.417. The topological polar surface area (TPSA) is 80.9 Å². The second kappa shape index (κ2) is 8.78. The Labute approximate surface area is 177 Å². The van der Waals surface area contributed by atoms with Gasteiger partial charge in [-0.25, -0.2) is 15.0 Å². The third-order valence-corrected chi connectivity index (χ3v) is 5.78. The van der Waals surface area contributed by atoms with Crippen molar-refractivity contribution in [1.82, 2.24) is 15.0 Å². The first kappa shape index (κ1) is 20.3. The Bertz CT molecular complexity index is 1030. The van der Waals surface area contributed by atoms with E-state index in [0.29, 0.717) is 29.8 Å². The molecule has 0 amide bonds. The standard InChI is InChI=1S/C24H28N4O2/c1-4-17-11-12-25-24(27-17)28-18-8-5-7-16(13-18)21-14-26-23(30-21)19-9-6-10-20(29)22(19)15(2)3/h5,7-8,11-15,19,22H,4,6,9-10H2,1-3H3,(H,25,27,28). The van der Waals surface area contributed by atoms with Crippen LogP contribution in [-0.2, 0) is 11.2 Å². The molecule has 6 nitrogen and oxygen atoms in total. The highest BCUT2D eigenvalue weighted by Crippen LogP contribution is 2.40. The van der Waals surface area contributed by atoms with Gasteiger partial charge in [0.25, 0.3) is 0 Å². The van der Waals surface area contributed by atoms with Gasteiger partial charge in [0.1, 0.15) is 5.78 Å². The first-order chi connectivity index (χ1) is 14.5. The van der Waals surface area contributed by atoms with E-state index >= 15 is 0 Å². The fourth-order valence-electron chi connectivity index (χ4n) is 4.31. The largest absolute Gasteiger partial charge is 0.440 e. The lowest BCUT2D eigenvalue weighted by Gasteiger charge is -2.30. The predicted octanol–water partition coefficient (Wildman–Crippen LogP) is 5.55. The van der Waals surface area contributed by atoms with Gasteiger partial charge in [0, 0.05) is 41.4 Å². The molecule has 1 saturated carbocycles. The van der Waals surface area contributed by atoms with E-state index in [2.05, 4.69) is 41.0 Å². The van der Waals surface area contributed by atoms with Gasteiger partial charge in [-0.2, -0.15) is 0 Å². The summed E-state index contributed by atoms with van der Waals surface area (Å²) in [6, 6.07) is 9.84. The van der Waals surface area contributed by atoms with Crippen molar-refractivity contribution in [3.8, 4) is 11.3 Å². The molecule has 0 bridgehead atoms. The molecule has 0 spiro atoms. The zero-order valence-corrected chi connectivity index (χ0v) is 17.8. The molecule has 0 radical (unpaired) electrons. The predicted molar refractivity (Wildman–Crippen MR) is 117 cm³/mol. The Balaban J connectivity index is 1.56. The second-order valence-corrected chi connectivity index (χ2v) is 8.23. The van der Waals surface area contributed by atoms with E-state index in [-0.39, 0.29) is 17.8 Å². The molecule has 2 heterocycles. The van der Waals surface area contributed by atoms with Crippen molar-refractivity contribution in [2.75, 3.05) is 5.32 Å². The van der Waals surface area contributed by atoms with Crippen LogP contribution in [-0.4, -0.2) is 20.7 Å². The number of hydrogen-bond donors (Lipinski definition) is 1. The minimum Gasteiger partial charge on any atom is -0.440 e. The van der Waals surface area contributed by atoms with Gasteiger partial charge in [-0.15, -0.1) is 0 Å². The van der Waals surface area contributed by atoms with E-state index < -0.39 is 0 Å². The summed E-state index contributed by atoms with van der Waals surface area (Å²) in [5.41, 5.74) is 2.80. The van der Waals surface area contributed by atoms with Crippen LogP contribution >= 0.6 is 0 Å². The van der Waals surface area contributed by atoms with E-state index in [1.54, 1.807) is 12.4 Å². The molecule has 2 atom stereocenters. The molecule has 156 valence electrons. The molecule has 1 aromatic carbocycles. The molecular weight excluding hydrogens is 376 g/mol. The van der Waals surface area contributed by atoms with Crippen LogP contribution < -0.4 is 5.32 Å². The Kier molecular flexibility index (Phi) is 5.93. The van der Waals surface area contributed by atoms with E-state index in [1.807, 2.05) is 30.3 Å². The maximum absolute atomic E-state index is 12.5. The number of carbonyl (C=O) groups is 1. The van der Waals surface area contributed by atoms with Crippen molar-refractivity contribution in [3.63, 3.8) is 0 Å². The summed E-state index contributed by atoms with van der Waals surface area (Å²) >= 11 is 0. The van der Waals surface area contributed by atoms with E-state index in [0.717, 1.165) is 36.2 Å². The second-order valence-electron chi connectivity index (χ2n) is 8.23. The van der Waals surface area contributed by atoms with Gasteiger partial charge in [0.05, 0.1) is 6.20 Å². The first-order valence-corrected chi connectivity index (χ1v) is 10.7. The molecule has 2 aromatic heterocycles. The Morgan fingerprint density at radius 1 is 1.23 bits per heavy atom. The number of aromatic nitrogens is 3. The number of benzene rings is 1. The summed E-state index contributed by atoms with van der Waals surface area (Å²) in [6.45, 7) is 6.28. The van der Waals surface area contributed by atoms with Crippen molar-refractivity contribution < 1.29 is 9.21 Å². The van der Waals surface area contributed by atoms with Crippen LogP contribution in [0.3, 0.4) is 0 Å². The number of carbonyl (C=O) groups excluding carboxylic acids is 1. The average Bonchev–Trinajstić information content (AvgIpc) is 3.24. The van der Waals surface area contributed by atoms with Gasteiger partial charge in [0.2, 0.25) is 5.95 Å². The highest BCUT2D eigenvalue weighted by Gasteiger charge is 2.37. The fourth-order valence-corrected chi connectivity index (χ4v) is 4.31. The number of anilines is 2. The summed E-state index contributed by atoms with van der Waals surface area (Å²) in [5.74, 6) is 2.62. The molecule has 6 heteroatoms. The third kappa shape index (κ3) is 4.27. The highest BCUT2D eigenvalue weighted by molar-refractivity contribution is 5.83. The van der Waals surface area contributed by atoms with Crippen LogP contribution in [0.25, 0.3) is 11.3 Å². The van der Waals surface area contributed by atoms with Crippen LogP contribution in [0, 0.1) is 11.8 Å². The van der Waals surface area contributed by atoms with E-state index in [4.69, 9.17) is 4.42 Å². The van der Waals surface area contributed by atoms with Crippen molar-refractivity contribution >= 4 is 17.4 Å². The Hall–Kier alpha value is -3.02. The van der Waals surface area contributed by atoms with Gasteiger partial charge in [0.15, 0.2) is 11.7 Å². The lowest BCUT2D eigenvalue weighted by molar-refractivity contribution is -0.127. The van der Waals surface area contributed by atoms with Crippen LogP contribution in [0.5, 0.6) is 0 Å². The van der Waals surface area contributed by atoms with Crippen LogP contribution in [0.4, 0.5) is 11.6 Å². The van der Waals surface area contributed by atoms with Gasteiger partial charge >= 0.3 is 0 Å². The summed E-state index contributed by atoms with van der Waals surface area (Å²) in [6.07, 6.45) is 6.90. The van der Waals surface area contributed by atoms with Gasteiger partial charge in [-0.3, -0.25) is 4.79 Å². The molecule has 1 aliphatic rings. The number of oxazole rings is 1. The lowest BCUT2D eigenvalue weighted by Crippen LogP contribution is -2.31. The molecule has 30 heavy (non-hydrogen) atoms. The van der Waals surface area contributed by atoms with Crippen LogP contribution in [0.15, 0.2) is 47.1 Å². The Morgan fingerprint density at radius 3 is 2.90 bits per heavy atom. The normalized spacial score (nSPS) is 19.3. The molecule has 2 unspecified atom stereocenters. The molecule has 1 aliphatic carbocycles. The maximum Gasteiger partial charge on any atom is 0.227 e. The molecule has 1 fully saturated rings. The van der Waals surface area contributed by atoms with Crippen molar-refractivity contribution in [1.29, 1.82) is 0 Å². The number of rotatable bonds is 6. The average molecular weight is 405 g/mol. The summed E-state index contributed by atoms with van der Waals surface area (Å²) in [4.78, 5) is 25.8. The van der Waals surface area contributed by atoms with Crippen molar-refractivity contribution in [2.45, 2.75) is 52.4 Å². The lowest BCUT2D eigenvalue weighted by atomic mass is 9.72. The van der Waals surface area contributed by atoms with Crippen LogP contribution in [0.1, 0.15) is 57.5 Å². The zero-order valence-electron chi connectivity index (χ0n) is 17.8. The van der Waals surface area contributed by atoms with Gasteiger partial charge in [-0.05, 0) is 43.4 Å². The molecule has 4 rings (SSSR count). The molecular formula is C24H28N4O2. The molecule has 3 aromatic rings. The number of hydrogen-bond acceptors (Lipinski definition) is 6. The maximum atomic E-state index is 12.5. The van der Waals surface area contributed by atoms with Gasteiger partial charge < -0.3 is 9.73 Å². The summed E-state index contributed by atoms with van der Waals surface area (Å²) < 4.78 is 6.16. The van der Waals surface area contributed by atoms with E-state index in [9.17, 15) is 4.79 Å². The number of ketones is 1. The zero-order chi connectivity index (χ0) is 21.1. The first-order valence-electron chi connectivity index (χ1n) is 10.7. The van der Waals surface area contributed by atoms with Crippen LogP contribution in [0.2, 0.25) is 0 Å². The summed E-state index contributed by atoms with van der Waals surface area (Å²) in [5, 5.41) is 3.26. The van der Waals surface area contributed by atoms with Crippen molar-refractivity contribution in [2.24, 2.45) is 11.8 Å². The Morgan fingerprint density at radius 2 is 2.10 bits per heavy atom. The number of aryl methyl sites for hydroxylation is 1. The molecule has 1 N–H and O–H groups in total. The SMILES string of the molecule is CCc1ccnc(Nc2cccc(-c3cnc(C4CCCC(=O)C4C(C)C)o3)c2)n1. The van der Waals surface area contributed by atoms with Gasteiger partial charge in [-0.1, -0.05) is 32.9 Å². The molecule has 0 saturated heterocycles. The quantitative estimate of drug-likeness (QED) is 0.580. The number of Topliss-reactive ketones (excluding diaryl/α,β-unsaturated/α-hetero) is 1. The van der Waals surface area contributed by atoms with Crippen molar-refractivity contribution in [3.05, 3.63) is 54.3 Å². The molecule has 0 aliphatic heterocycles. The third-order valence-electron chi connectivity index (χ3n) is 5.78.